The molecular weight excluding hydrogens is 262 g/mol. The molecule has 1 aromatic rings. The van der Waals surface area contributed by atoms with Crippen LogP contribution >= 0.6 is 0 Å². The minimum absolute atomic E-state index is 0.0880. The summed E-state index contributed by atoms with van der Waals surface area (Å²) in [5.74, 6) is 1.79. The lowest BCUT2D eigenvalue weighted by molar-refractivity contribution is 0.165. The van der Waals surface area contributed by atoms with Crippen molar-refractivity contribution < 1.29 is 9.47 Å². The summed E-state index contributed by atoms with van der Waals surface area (Å²) < 4.78 is 11.5. The Morgan fingerprint density at radius 2 is 1.43 bits per heavy atom. The summed E-state index contributed by atoms with van der Waals surface area (Å²) in [5, 5.41) is 3.53. The van der Waals surface area contributed by atoms with Gasteiger partial charge in [-0.15, -0.1) is 0 Å². The van der Waals surface area contributed by atoms with Crippen molar-refractivity contribution in [2.24, 2.45) is 5.41 Å². The molecule has 0 aliphatic rings. The molecule has 0 unspecified atom stereocenters. The van der Waals surface area contributed by atoms with Gasteiger partial charge in [0.15, 0.2) is 0 Å². The van der Waals surface area contributed by atoms with Crippen LogP contribution in [-0.4, -0.2) is 25.3 Å². The van der Waals surface area contributed by atoms with Gasteiger partial charge in [-0.1, -0.05) is 20.8 Å². The van der Waals surface area contributed by atoms with Crippen LogP contribution in [0.5, 0.6) is 11.5 Å². The van der Waals surface area contributed by atoms with Gasteiger partial charge in [0.2, 0.25) is 0 Å². The third-order valence-corrected chi connectivity index (χ3v) is 3.02. The van der Waals surface area contributed by atoms with Gasteiger partial charge in [-0.25, -0.2) is 0 Å². The average molecular weight is 293 g/mol. The van der Waals surface area contributed by atoms with Crippen LogP contribution in [0.4, 0.5) is 0 Å². The highest BCUT2D eigenvalue weighted by Gasteiger charge is 2.21. The van der Waals surface area contributed by atoms with E-state index in [9.17, 15) is 0 Å². The molecule has 0 radical (unpaired) electrons. The topological polar surface area (TPSA) is 30.5 Å². The van der Waals surface area contributed by atoms with Gasteiger partial charge in [0.05, 0.1) is 13.2 Å². The van der Waals surface area contributed by atoms with Gasteiger partial charge >= 0.3 is 0 Å². The monoisotopic (exact) mass is 293 g/mol. The van der Waals surface area contributed by atoms with Crippen LogP contribution in [0.2, 0.25) is 0 Å². The molecule has 0 spiro atoms. The van der Waals surface area contributed by atoms with Crippen LogP contribution in [0.1, 0.15) is 48.0 Å². The van der Waals surface area contributed by atoms with E-state index in [-0.39, 0.29) is 11.0 Å². The zero-order chi connectivity index (χ0) is 15.9. The summed E-state index contributed by atoms with van der Waals surface area (Å²) in [6.45, 7) is 15.4. The molecule has 1 N–H and O–H groups in total. The molecule has 0 fully saturated rings. The zero-order valence-corrected chi connectivity index (χ0v) is 14.5. The lowest BCUT2D eigenvalue weighted by Gasteiger charge is -2.30. The molecule has 0 atom stereocenters. The van der Waals surface area contributed by atoms with Crippen molar-refractivity contribution in [3.05, 3.63) is 24.3 Å². The molecule has 3 heteroatoms. The molecule has 0 saturated heterocycles. The van der Waals surface area contributed by atoms with Crippen LogP contribution in [-0.2, 0) is 0 Å². The van der Waals surface area contributed by atoms with Crippen molar-refractivity contribution in [3.8, 4) is 11.5 Å². The van der Waals surface area contributed by atoms with E-state index in [2.05, 4.69) is 46.9 Å². The van der Waals surface area contributed by atoms with Gasteiger partial charge in [-0.3, -0.25) is 0 Å². The number of nitrogens with one attached hydrogen (secondary N) is 1. The maximum absolute atomic E-state index is 5.90. The number of rotatable bonds is 8. The summed E-state index contributed by atoms with van der Waals surface area (Å²) in [4.78, 5) is 0. The van der Waals surface area contributed by atoms with E-state index in [0.29, 0.717) is 6.61 Å². The van der Waals surface area contributed by atoms with E-state index < -0.39 is 0 Å². The lowest BCUT2D eigenvalue weighted by Crippen LogP contribution is -2.43. The van der Waals surface area contributed by atoms with Gasteiger partial charge < -0.3 is 14.8 Å². The molecule has 21 heavy (non-hydrogen) atoms. The highest BCUT2D eigenvalue weighted by Crippen LogP contribution is 2.21. The van der Waals surface area contributed by atoms with Crippen LogP contribution in [0.3, 0.4) is 0 Å². The van der Waals surface area contributed by atoms with E-state index in [0.717, 1.165) is 31.1 Å². The van der Waals surface area contributed by atoms with Crippen molar-refractivity contribution in [2.45, 2.75) is 53.5 Å². The Morgan fingerprint density at radius 3 is 1.90 bits per heavy atom. The molecule has 1 rings (SSSR count). The molecule has 0 saturated carbocycles. The van der Waals surface area contributed by atoms with Crippen molar-refractivity contribution in [1.82, 2.24) is 5.32 Å². The van der Waals surface area contributed by atoms with Crippen molar-refractivity contribution >= 4 is 0 Å². The van der Waals surface area contributed by atoms with Crippen molar-refractivity contribution in [1.29, 1.82) is 0 Å². The van der Waals surface area contributed by atoms with E-state index >= 15 is 0 Å². The SMILES string of the molecule is CCCOc1ccc(OCC(C)(C)CNC(C)(C)C)cc1. The Hall–Kier alpha value is -1.22. The predicted molar refractivity (Wildman–Crippen MR) is 89.3 cm³/mol. The Morgan fingerprint density at radius 1 is 0.905 bits per heavy atom. The zero-order valence-electron chi connectivity index (χ0n) is 14.5. The summed E-state index contributed by atoms with van der Waals surface area (Å²) in [6.07, 6.45) is 1.02. The summed E-state index contributed by atoms with van der Waals surface area (Å²) in [5.41, 5.74) is 0.222. The molecule has 120 valence electrons. The first-order valence-electron chi connectivity index (χ1n) is 7.82. The van der Waals surface area contributed by atoms with Crippen molar-refractivity contribution in [2.75, 3.05) is 19.8 Å². The fourth-order valence-corrected chi connectivity index (χ4v) is 1.69. The van der Waals surface area contributed by atoms with Crippen LogP contribution in [0.25, 0.3) is 0 Å². The number of benzene rings is 1. The van der Waals surface area contributed by atoms with Crippen LogP contribution in [0.15, 0.2) is 24.3 Å². The second-order valence-corrected chi connectivity index (χ2v) is 7.38. The van der Waals surface area contributed by atoms with Gasteiger partial charge in [0, 0.05) is 17.5 Å². The normalized spacial score (nSPS) is 12.3. The molecule has 0 aromatic heterocycles. The maximum atomic E-state index is 5.90. The first-order chi connectivity index (χ1) is 9.72. The lowest BCUT2D eigenvalue weighted by atomic mass is 9.93. The molecular formula is C18H31NO2. The average Bonchev–Trinajstić information content (AvgIpc) is 2.41. The number of hydrogen-bond acceptors (Lipinski definition) is 3. The predicted octanol–water partition coefficient (Wildman–Crippen LogP) is 4.27. The van der Waals surface area contributed by atoms with Gasteiger partial charge in [0.1, 0.15) is 11.5 Å². The quantitative estimate of drug-likeness (QED) is 0.776. The Labute approximate surface area is 130 Å². The minimum Gasteiger partial charge on any atom is -0.494 e. The van der Waals surface area contributed by atoms with Gasteiger partial charge in [0.25, 0.3) is 0 Å². The Balaban J connectivity index is 2.43. The first kappa shape index (κ1) is 17.8. The van der Waals surface area contributed by atoms with E-state index in [1.807, 2.05) is 24.3 Å². The minimum atomic E-state index is 0.0880. The number of hydrogen-bond donors (Lipinski definition) is 1. The molecule has 0 bridgehead atoms. The second kappa shape index (κ2) is 7.69. The van der Waals surface area contributed by atoms with Crippen LogP contribution in [0, 0.1) is 5.41 Å². The van der Waals surface area contributed by atoms with E-state index in [1.54, 1.807) is 0 Å². The van der Waals surface area contributed by atoms with Gasteiger partial charge in [-0.2, -0.15) is 0 Å². The molecule has 0 heterocycles. The summed E-state index contributed by atoms with van der Waals surface area (Å²) in [7, 11) is 0. The fraction of sp³-hybridized carbons (Fsp3) is 0.667. The highest BCUT2D eigenvalue weighted by molar-refractivity contribution is 5.31. The second-order valence-electron chi connectivity index (χ2n) is 7.38. The summed E-state index contributed by atoms with van der Waals surface area (Å²) in [6, 6.07) is 7.87. The Bertz CT molecular complexity index is 404. The number of ether oxygens (including phenoxy) is 2. The molecule has 3 nitrogen and oxygen atoms in total. The van der Waals surface area contributed by atoms with Crippen molar-refractivity contribution in [3.63, 3.8) is 0 Å². The molecule has 0 amide bonds. The molecule has 0 aliphatic heterocycles. The van der Waals surface area contributed by atoms with Crippen LogP contribution < -0.4 is 14.8 Å². The molecule has 0 aliphatic carbocycles. The largest absolute Gasteiger partial charge is 0.494 e. The Kier molecular flexibility index (Phi) is 6.53. The summed E-state index contributed by atoms with van der Waals surface area (Å²) >= 11 is 0. The van der Waals surface area contributed by atoms with E-state index in [1.165, 1.54) is 0 Å². The smallest absolute Gasteiger partial charge is 0.119 e. The van der Waals surface area contributed by atoms with Gasteiger partial charge in [-0.05, 0) is 51.5 Å². The fourth-order valence-electron chi connectivity index (χ4n) is 1.69. The van der Waals surface area contributed by atoms with E-state index in [4.69, 9.17) is 9.47 Å². The highest BCUT2D eigenvalue weighted by atomic mass is 16.5. The molecule has 1 aromatic carbocycles. The first-order valence-corrected chi connectivity index (χ1v) is 7.82. The standard InChI is InChI=1S/C18H31NO2/c1-7-12-20-15-8-10-16(11-9-15)21-14-18(5,6)13-19-17(2,3)4/h8-11,19H,7,12-14H2,1-6H3. The third kappa shape index (κ3) is 7.96. The third-order valence-electron chi connectivity index (χ3n) is 3.02. The maximum Gasteiger partial charge on any atom is 0.119 e.